The Morgan fingerprint density at radius 2 is 2.00 bits per heavy atom. The Labute approximate surface area is 135 Å². The highest BCUT2D eigenvalue weighted by Crippen LogP contribution is 2.36. The fourth-order valence-corrected chi connectivity index (χ4v) is 3.34. The third kappa shape index (κ3) is 3.98. The monoisotopic (exact) mass is 328 g/mol. The van der Waals surface area contributed by atoms with Gasteiger partial charge in [-0.15, -0.1) is 0 Å². The van der Waals surface area contributed by atoms with Crippen molar-refractivity contribution in [2.75, 3.05) is 25.3 Å². The molecule has 2 rings (SSSR count). The molecule has 0 aliphatic carbocycles. The average Bonchev–Trinajstić information content (AvgIpc) is 2.48. The Hall–Kier alpha value is -1.07. The molecule has 1 atom stereocenters. The van der Waals surface area contributed by atoms with Crippen LogP contribution < -0.4 is 14.8 Å². The molecule has 0 saturated heterocycles. The molecule has 0 radical (unpaired) electrons. The van der Waals surface area contributed by atoms with Crippen molar-refractivity contribution in [3.8, 4) is 11.5 Å². The van der Waals surface area contributed by atoms with E-state index >= 15 is 0 Å². The van der Waals surface area contributed by atoms with Crippen LogP contribution in [-0.2, 0) is 0 Å². The van der Waals surface area contributed by atoms with Gasteiger partial charge in [-0.25, -0.2) is 0 Å². The summed E-state index contributed by atoms with van der Waals surface area (Å²) in [6.07, 6.45) is 1.12. The third-order valence-electron chi connectivity index (χ3n) is 3.42. The number of nitrogens with one attached hydrogen (secondary N) is 1. The highest BCUT2D eigenvalue weighted by molar-refractivity contribution is 8.14. The molecule has 0 fully saturated rings. The van der Waals surface area contributed by atoms with E-state index in [9.17, 15) is 0 Å². The van der Waals surface area contributed by atoms with E-state index in [4.69, 9.17) is 26.1 Å². The van der Waals surface area contributed by atoms with Crippen molar-refractivity contribution in [3.63, 3.8) is 0 Å². The summed E-state index contributed by atoms with van der Waals surface area (Å²) in [5.41, 5.74) is 0.805. The highest BCUT2D eigenvalue weighted by atomic mass is 35.5. The molecule has 0 spiro atoms. The topological polar surface area (TPSA) is 42.9 Å². The second kappa shape index (κ2) is 7.27. The van der Waals surface area contributed by atoms with E-state index in [1.54, 1.807) is 38.1 Å². The molecule has 21 heavy (non-hydrogen) atoms. The smallest absolute Gasteiger partial charge is 0.161 e. The van der Waals surface area contributed by atoms with Gasteiger partial charge in [-0.2, -0.15) is 0 Å². The SMILES string of the molecule is COc1cc(OC)c(NC2=NC(C(C)C)CCS2)cc1Cl. The molecule has 0 aromatic heterocycles. The van der Waals surface area contributed by atoms with Crippen LogP contribution >= 0.6 is 23.4 Å². The van der Waals surface area contributed by atoms with E-state index < -0.39 is 0 Å². The Kier molecular flexibility index (Phi) is 5.65. The summed E-state index contributed by atoms with van der Waals surface area (Å²) in [7, 11) is 3.21. The molecule has 0 bridgehead atoms. The summed E-state index contributed by atoms with van der Waals surface area (Å²) in [6, 6.07) is 3.95. The summed E-state index contributed by atoms with van der Waals surface area (Å²) in [4.78, 5) is 4.76. The number of hydrogen-bond donors (Lipinski definition) is 1. The van der Waals surface area contributed by atoms with Gasteiger partial charge in [0, 0.05) is 11.8 Å². The number of amidine groups is 1. The fourth-order valence-electron chi connectivity index (χ4n) is 2.15. The number of halogens is 1. The first-order chi connectivity index (χ1) is 10.0. The molecule has 1 heterocycles. The van der Waals surface area contributed by atoms with Crippen molar-refractivity contribution < 1.29 is 9.47 Å². The van der Waals surface area contributed by atoms with Crippen molar-refractivity contribution in [1.82, 2.24) is 0 Å². The van der Waals surface area contributed by atoms with Crippen LogP contribution in [0.5, 0.6) is 11.5 Å². The van der Waals surface area contributed by atoms with E-state index in [1.165, 1.54) is 0 Å². The van der Waals surface area contributed by atoms with Gasteiger partial charge in [-0.05, 0) is 18.4 Å². The third-order valence-corrected chi connectivity index (χ3v) is 4.64. The number of rotatable bonds is 4. The number of anilines is 1. The van der Waals surface area contributed by atoms with E-state index in [1.807, 2.05) is 0 Å². The maximum atomic E-state index is 6.19. The number of thioether (sulfide) groups is 1. The van der Waals surface area contributed by atoms with Crippen LogP contribution in [0.2, 0.25) is 5.02 Å². The molecule has 1 aliphatic heterocycles. The van der Waals surface area contributed by atoms with Gasteiger partial charge < -0.3 is 14.8 Å². The predicted molar refractivity (Wildman–Crippen MR) is 91.3 cm³/mol. The Balaban J connectivity index is 2.24. The number of aliphatic imine (C=N–C) groups is 1. The van der Waals surface area contributed by atoms with Crippen LogP contribution in [0.15, 0.2) is 17.1 Å². The molecule has 0 saturated carbocycles. The van der Waals surface area contributed by atoms with Gasteiger partial charge in [0.15, 0.2) is 5.17 Å². The summed E-state index contributed by atoms with van der Waals surface area (Å²) in [5.74, 6) is 2.90. The number of ether oxygens (including phenoxy) is 2. The number of hydrogen-bond acceptors (Lipinski definition) is 5. The summed E-state index contributed by atoms with van der Waals surface area (Å²) in [6.45, 7) is 4.40. The van der Waals surface area contributed by atoms with Crippen molar-refractivity contribution in [1.29, 1.82) is 0 Å². The molecule has 1 unspecified atom stereocenters. The second-order valence-electron chi connectivity index (χ2n) is 5.19. The van der Waals surface area contributed by atoms with Crippen LogP contribution in [-0.4, -0.2) is 31.2 Å². The molecule has 1 aromatic carbocycles. The van der Waals surface area contributed by atoms with Gasteiger partial charge in [0.25, 0.3) is 0 Å². The molecular weight excluding hydrogens is 308 g/mol. The van der Waals surface area contributed by atoms with E-state index in [0.29, 0.717) is 28.5 Å². The molecule has 0 amide bonds. The van der Waals surface area contributed by atoms with E-state index in [2.05, 4.69) is 19.2 Å². The largest absolute Gasteiger partial charge is 0.495 e. The first kappa shape index (κ1) is 16.3. The number of methoxy groups -OCH3 is 2. The van der Waals surface area contributed by atoms with Crippen LogP contribution in [0.3, 0.4) is 0 Å². The molecule has 1 aliphatic rings. The summed E-state index contributed by atoms with van der Waals surface area (Å²) in [5, 5.41) is 4.79. The summed E-state index contributed by atoms with van der Waals surface area (Å²) < 4.78 is 10.6. The van der Waals surface area contributed by atoms with E-state index in [0.717, 1.165) is 23.0 Å². The Morgan fingerprint density at radius 1 is 1.29 bits per heavy atom. The van der Waals surface area contributed by atoms with Crippen LogP contribution in [0, 0.1) is 5.92 Å². The van der Waals surface area contributed by atoms with Crippen LogP contribution in [0.4, 0.5) is 5.69 Å². The Bertz CT molecular complexity index is 535. The fraction of sp³-hybridized carbons (Fsp3) is 0.533. The second-order valence-corrected chi connectivity index (χ2v) is 6.69. The molecule has 116 valence electrons. The van der Waals surface area contributed by atoms with Gasteiger partial charge >= 0.3 is 0 Å². The van der Waals surface area contributed by atoms with Gasteiger partial charge in [0.2, 0.25) is 0 Å². The molecule has 1 N–H and O–H groups in total. The van der Waals surface area contributed by atoms with Crippen LogP contribution in [0.1, 0.15) is 20.3 Å². The first-order valence-corrected chi connectivity index (χ1v) is 8.30. The highest BCUT2D eigenvalue weighted by Gasteiger charge is 2.20. The lowest BCUT2D eigenvalue weighted by atomic mass is 10.0. The lowest BCUT2D eigenvalue weighted by Crippen LogP contribution is -2.24. The quantitative estimate of drug-likeness (QED) is 0.895. The minimum absolute atomic E-state index is 0.369. The van der Waals surface area contributed by atoms with Gasteiger partial charge in [-0.3, -0.25) is 4.99 Å². The van der Waals surface area contributed by atoms with Gasteiger partial charge in [0.1, 0.15) is 11.5 Å². The minimum Gasteiger partial charge on any atom is -0.495 e. The number of benzene rings is 1. The normalized spacial score (nSPS) is 18.4. The standard InChI is InChI=1S/C15H21ClN2O2S/c1-9(2)11-5-6-21-15(17-11)18-12-7-10(16)13(19-3)8-14(12)20-4/h7-9,11H,5-6H2,1-4H3,(H,17,18). The van der Waals surface area contributed by atoms with Crippen LogP contribution in [0.25, 0.3) is 0 Å². The number of nitrogens with zero attached hydrogens (tertiary/aromatic N) is 1. The first-order valence-electron chi connectivity index (χ1n) is 6.94. The molecule has 1 aromatic rings. The average molecular weight is 329 g/mol. The van der Waals surface area contributed by atoms with Crippen molar-refractivity contribution >= 4 is 34.2 Å². The Morgan fingerprint density at radius 3 is 2.62 bits per heavy atom. The van der Waals surface area contributed by atoms with Crippen molar-refractivity contribution in [2.24, 2.45) is 10.9 Å². The zero-order valence-corrected chi connectivity index (χ0v) is 14.3. The van der Waals surface area contributed by atoms with Gasteiger partial charge in [0.05, 0.1) is 31.0 Å². The lowest BCUT2D eigenvalue weighted by molar-refractivity contribution is 0.396. The maximum absolute atomic E-state index is 6.19. The van der Waals surface area contributed by atoms with Crippen molar-refractivity contribution in [2.45, 2.75) is 26.3 Å². The lowest BCUT2D eigenvalue weighted by Gasteiger charge is -2.24. The predicted octanol–water partition coefficient (Wildman–Crippen LogP) is 4.29. The zero-order chi connectivity index (χ0) is 15.4. The van der Waals surface area contributed by atoms with Crippen molar-refractivity contribution in [3.05, 3.63) is 17.2 Å². The molecule has 6 heteroatoms. The summed E-state index contributed by atoms with van der Waals surface area (Å²) >= 11 is 7.91. The minimum atomic E-state index is 0.369. The van der Waals surface area contributed by atoms with E-state index in [-0.39, 0.29) is 0 Å². The molecule has 4 nitrogen and oxygen atoms in total. The van der Waals surface area contributed by atoms with Gasteiger partial charge in [-0.1, -0.05) is 37.2 Å². The zero-order valence-electron chi connectivity index (χ0n) is 12.8. The molecular formula is C15H21ClN2O2S. The maximum Gasteiger partial charge on any atom is 0.161 e.